The van der Waals surface area contributed by atoms with E-state index in [1.54, 1.807) is 11.1 Å². The first-order valence-corrected chi connectivity index (χ1v) is 9.81. The number of para-hydroxylation sites is 2. The molecule has 0 radical (unpaired) electrons. The summed E-state index contributed by atoms with van der Waals surface area (Å²) >= 11 is 0. The smallest absolute Gasteiger partial charge is 0.227 e. The summed E-state index contributed by atoms with van der Waals surface area (Å²) in [5, 5.41) is 2.92. The maximum atomic E-state index is 12.5. The zero-order valence-corrected chi connectivity index (χ0v) is 16.4. The zero-order chi connectivity index (χ0) is 20.2. The second kappa shape index (κ2) is 8.31. The fraction of sp³-hybridized carbons (Fsp3) is 0.261. The number of nitrogens with one attached hydrogen (secondary N) is 1. The number of hydrogen-bond acceptors (Lipinski definition) is 4. The molecule has 0 atom stereocenters. The Balaban J connectivity index is 1.38. The number of carbonyl (C=O) groups excluding carboxylic acids is 2. The van der Waals surface area contributed by atoms with Crippen LogP contribution in [0.1, 0.15) is 30.7 Å². The Bertz CT molecular complexity index is 1020. The highest BCUT2D eigenvalue weighted by molar-refractivity contribution is 6.02. The van der Waals surface area contributed by atoms with E-state index < -0.39 is 0 Å². The molecule has 148 valence electrons. The van der Waals surface area contributed by atoms with Crippen LogP contribution in [0.4, 0.5) is 11.4 Å². The van der Waals surface area contributed by atoms with Gasteiger partial charge in [0.25, 0.3) is 0 Å². The molecule has 1 N–H and O–H groups in total. The maximum Gasteiger partial charge on any atom is 0.227 e. The number of carbonyl (C=O) groups is 2. The van der Waals surface area contributed by atoms with Crippen LogP contribution >= 0.6 is 0 Å². The fourth-order valence-corrected chi connectivity index (χ4v) is 3.43. The second-order valence-corrected chi connectivity index (χ2v) is 7.20. The van der Waals surface area contributed by atoms with Gasteiger partial charge in [-0.15, -0.1) is 0 Å². The van der Waals surface area contributed by atoms with E-state index >= 15 is 0 Å². The van der Waals surface area contributed by atoms with Gasteiger partial charge in [0.1, 0.15) is 0 Å². The van der Waals surface area contributed by atoms with Crippen molar-refractivity contribution in [1.82, 2.24) is 4.98 Å². The molecule has 6 heteroatoms. The van der Waals surface area contributed by atoms with Crippen molar-refractivity contribution in [1.29, 1.82) is 0 Å². The fourth-order valence-electron chi connectivity index (χ4n) is 3.43. The highest BCUT2D eigenvalue weighted by atomic mass is 16.4. The minimum absolute atomic E-state index is 0.0927. The molecule has 3 aromatic rings. The monoisotopic (exact) mass is 389 g/mol. The van der Waals surface area contributed by atoms with Gasteiger partial charge in [0.2, 0.25) is 11.8 Å². The van der Waals surface area contributed by atoms with Crippen molar-refractivity contribution in [3.8, 4) is 11.3 Å². The van der Waals surface area contributed by atoms with Crippen molar-refractivity contribution in [2.45, 2.75) is 32.6 Å². The van der Waals surface area contributed by atoms with E-state index in [0.29, 0.717) is 36.7 Å². The Labute approximate surface area is 169 Å². The van der Waals surface area contributed by atoms with Crippen LogP contribution in [0.2, 0.25) is 0 Å². The van der Waals surface area contributed by atoms with Crippen molar-refractivity contribution in [2.75, 3.05) is 16.8 Å². The van der Waals surface area contributed by atoms with Gasteiger partial charge in [-0.1, -0.05) is 42.0 Å². The number of nitrogens with zero attached hydrogens (tertiary/aromatic N) is 2. The van der Waals surface area contributed by atoms with Crippen LogP contribution < -0.4 is 10.2 Å². The molecule has 0 saturated carbocycles. The SMILES string of the molecule is Cc1ccc(-c2cnc(CCC(=O)Nc3ccccc3N3CCCC3=O)o2)cc1. The highest BCUT2D eigenvalue weighted by Gasteiger charge is 2.24. The Morgan fingerprint density at radius 1 is 1.17 bits per heavy atom. The quantitative estimate of drug-likeness (QED) is 0.680. The van der Waals surface area contributed by atoms with Crippen LogP contribution in [0.25, 0.3) is 11.3 Å². The van der Waals surface area contributed by atoms with E-state index in [1.807, 2.05) is 55.5 Å². The third-order valence-corrected chi connectivity index (χ3v) is 5.00. The van der Waals surface area contributed by atoms with Crippen LogP contribution in [-0.2, 0) is 16.0 Å². The van der Waals surface area contributed by atoms with Crippen LogP contribution in [0.3, 0.4) is 0 Å². The van der Waals surface area contributed by atoms with Gasteiger partial charge in [-0.05, 0) is 25.5 Å². The van der Waals surface area contributed by atoms with E-state index in [1.165, 1.54) is 5.56 Å². The summed E-state index contributed by atoms with van der Waals surface area (Å²) in [5.74, 6) is 1.17. The van der Waals surface area contributed by atoms with Crippen LogP contribution in [0, 0.1) is 6.92 Å². The second-order valence-electron chi connectivity index (χ2n) is 7.20. The van der Waals surface area contributed by atoms with E-state index in [9.17, 15) is 9.59 Å². The summed E-state index contributed by atoms with van der Waals surface area (Å²) < 4.78 is 5.79. The van der Waals surface area contributed by atoms with Gasteiger partial charge in [0, 0.05) is 31.4 Å². The average Bonchev–Trinajstić information content (AvgIpc) is 3.37. The van der Waals surface area contributed by atoms with E-state index in [2.05, 4.69) is 10.3 Å². The molecule has 1 aliphatic heterocycles. The molecular formula is C23H23N3O3. The lowest BCUT2D eigenvalue weighted by Gasteiger charge is -2.19. The van der Waals surface area contributed by atoms with Crippen molar-refractivity contribution in [3.63, 3.8) is 0 Å². The summed E-state index contributed by atoms with van der Waals surface area (Å²) in [5.41, 5.74) is 3.55. The Morgan fingerprint density at radius 2 is 1.97 bits per heavy atom. The molecule has 29 heavy (non-hydrogen) atoms. The molecule has 4 rings (SSSR count). The minimum atomic E-state index is -0.140. The van der Waals surface area contributed by atoms with Crippen molar-refractivity contribution < 1.29 is 14.0 Å². The van der Waals surface area contributed by atoms with Crippen LogP contribution in [-0.4, -0.2) is 23.3 Å². The normalized spacial score (nSPS) is 13.7. The first kappa shape index (κ1) is 18.9. The molecule has 6 nitrogen and oxygen atoms in total. The van der Waals surface area contributed by atoms with Gasteiger partial charge in [-0.2, -0.15) is 0 Å². The number of aromatic nitrogens is 1. The van der Waals surface area contributed by atoms with Gasteiger partial charge < -0.3 is 14.6 Å². The molecular weight excluding hydrogens is 366 g/mol. The number of amides is 2. The molecule has 1 saturated heterocycles. The number of rotatable bonds is 6. The molecule has 0 aliphatic carbocycles. The lowest BCUT2D eigenvalue weighted by molar-refractivity contribution is -0.117. The van der Waals surface area contributed by atoms with Gasteiger partial charge in [0.15, 0.2) is 11.7 Å². The van der Waals surface area contributed by atoms with Crippen LogP contribution in [0.15, 0.2) is 59.1 Å². The standard InChI is InChI=1S/C23H23N3O3/c1-16-8-10-17(11-9-16)20-15-24-22(29-20)13-12-21(27)25-18-5-2-3-6-19(18)26-14-4-7-23(26)28/h2-3,5-6,8-11,15H,4,7,12-14H2,1H3,(H,25,27). The molecule has 0 bridgehead atoms. The zero-order valence-electron chi connectivity index (χ0n) is 16.4. The molecule has 2 aromatic carbocycles. The predicted molar refractivity (Wildman–Crippen MR) is 112 cm³/mol. The van der Waals surface area contributed by atoms with Crippen molar-refractivity contribution >= 4 is 23.2 Å². The maximum absolute atomic E-state index is 12.5. The number of hydrogen-bond donors (Lipinski definition) is 1. The third-order valence-electron chi connectivity index (χ3n) is 5.00. The van der Waals surface area contributed by atoms with Crippen molar-refractivity contribution in [3.05, 3.63) is 66.2 Å². The highest BCUT2D eigenvalue weighted by Crippen LogP contribution is 2.29. The largest absolute Gasteiger partial charge is 0.441 e. The molecule has 1 aromatic heterocycles. The first-order valence-electron chi connectivity index (χ1n) is 9.81. The number of benzene rings is 2. The number of aryl methyl sites for hydroxylation is 2. The summed E-state index contributed by atoms with van der Waals surface area (Å²) in [7, 11) is 0. The predicted octanol–water partition coefficient (Wildman–Crippen LogP) is 4.35. The topological polar surface area (TPSA) is 75.4 Å². The molecule has 0 spiro atoms. The van der Waals surface area contributed by atoms with Gasteiger partial charge >= 0.3 is 0 Å². The van der Waals surface area contributed by atoms with Gasteiger partial charge in [-0.3, -0.25) is 9.59 Å². The van der Waals surface area contributed by atoms with Gasteiger partial charge in [0.05, 0.1) is 17.6 Å². The Hall–Kier alpha value is -3.41. The van der Waals surface area contributed by atoms with E-state index in [0.717, 1.165) is 17.7 Å². The molecule has 1 aliphatic rings. The first-order chi connectivity index (χ1) is 14.1. The van der Waals surface area contributed by atoms with Crippen LogP contribution in [0.5, 0.6) is 0 Å². The number of oxazole rings is 1. The molecule has 0 unspecified atom stereocenters. The average molecular weight is 389 g/mol. The number of anilines is 2. The Morgan fingerprint density at radius 3 is 2.72 bits per heavy atom. The summed E-state index contributed by atoms with van der Waals surface area (Å²) in [4.78, 5) is 30.5. The summed E-state index contributed by atoms with van der Waals surface area (Å²) in [6.07, 6.45) is 3.73. The lowest BCUT2D eigenvalue weighted by atomic mass is 10.1. The van der Waals surface area contributed by atoms with Gasteiger partial charge in [-0.25, -0.2) is 4.98 Å². The summed E-state index contributed by atoms with van der Waals surface area (Å²) in [6.45, 7) is 2.72. The minimum Gasteiger partial charge on any atom is -0.441 e. The van der Waals surface area contributed by atoms with E-state index in [-0.39, 0.29) is 18.2 Å². The summed E-state index contributed by atoms with van der Waals surface area (Å²) in [6, 6.07) is 15.4. The van der Waals surface area contributed by atoms with Crippen molar-refractivity contribution in [2.24, 2.45) is 0 Å². The molecule has 1 fully saturated rings. The molecule has 2 amide bonds. The Kier molecular flexibility index (Phi) is 5.42. The lowest BCUT2D eigenvalue weighted by Crippen LogP contribution is -2.25. The third kappa shape index (κ3) is 4.37. The molecule has 2 heterocycles. The van der Waals surface area contributed by atoms with E-state index in [4.69, 9.17) is 4.42 Å².